The predicted octanol–water partition coefficient (Wildman–Crippen LogP) is 4.93. The summed E-state index contributed by atoms with van der Waals surface area (Å²) in [5, 5.41) is 0. The Morgan fingerprint density at radius 2 is 1.62 bits per heavy atom. The van der Waals surface area contributed by atoms with E-state index in [-0.39, 0.29) is 4.08 Å². The van der Waals surface area contributed by atoms with Crippen LogP contribution in [-0.4, -0.2) is 22.2 Å². The van der Waals surface area contributed by atoms with Crippen LogP contribution in [0.3, 0.4) is 0 Å². The third kappa shape index (κ3) is 8.40. The molecule has 0 aliphatic heterocycles. The summed E-state index contributed by atoms with van der Waals surface area (Å²) in [6.07, 6.45) is 6.68. The van der Waals surface area contributed by atoms with Crippen molar-refractivity contribution in [3.05, 3.63) is 12.8 Å². The van der Waals surface area contributed by atoms with Crippen molar-refractivity contribution in [1.82, 2.24) is 0 Å². The first-order chi connectivity index (χ1) is 7.68. The van der Waals surface area contributed by atoms with Crippen molar-refractivity contribution in [2.45, 2.75) is 50.5 Å². The molecule has 0 saturated carbocycles. The van der Waals surface area contributed by atoms with Gasteiger partial charge in [-0.25, -0.2) is 0 Å². The molecule has 3 heteroatoms. The molecule has 0 spiro atoms. The molecule has 0 aliphatic carbocycles. The van der Waals surface area contributed by atoms with Crippen LogP contribution in [0.5, 0.6) is 0 Å². The molecule has 0 heterocycles. The minimum absolute atomic E-state index is 0.193. The van der Waals surface area contributed by atoms with Gasteiger partial charge < -0.3 is 4.74 Å². The molecule has 96 valence electrons. The number of hydrogen-bond donors (Lipinski definition) is 0. The summed E-state index contributed by atoms with van der Waals surface area (Å²) in [6, 6.07) is 0. The fraction of sp³-hybridized carbons (Fsp3) is 0.846. The molecular formula is C13H26OS2. The van der Waals surface area contributed by atoms with Crippen LogP contribution in [-0.2, 0) is 4.74 Å². The minimum Gasteiger partial charge on any atom is -0.499 e. The van der Waals surface area contributed by atoms with Gasteiger partial charge in [-0.05, 0) is 31.3 Å². The topological polar surface area (TPSA) is 9.23 Å². The molecule has 0 aromatic rings. The number of rotatable bonds is 11. The first kappa shape index (κ1) is 16.2. The van der Waals surface area contributed by atoms with E-state index in [2.05, 4.69) is 27.4 Å². The molecule has 0 fully saturated rings. The number of ether oxygens (including phenoxy) is 1. The molecule has 0 bridgehead atoms. The highest BCUT2D eigenvalue weighted by Gasteiger charge is 2.25. The Balaban J connectivity index is 3.96. The first-order valence-corrected chi connectivity index (χ1v) is 8.16. The van der Waals surface area contributed by atoms with Crippen LogP contribution >= 0.6 is 23.5 Å². The molecule has 0 rings (SSSR count). The maximum atomic E-state index is 5.38. The predicted molar refractivity (Wildman–Crippen MR) is 79.3 cm³/mol. The summed E-state index contributed by atoms with van der Waals surface area (Å²) in [6.45, 7) is 11.1. The van der Waals surface area contributed by atoms with Gasteiger partial charge in [-0.2, -0.15) is 0 Å². The zero-order valence-electron chi connectivity index (χ0n) is 11.0. The number of unbranched alkanes of at least 4 members (excludes halogenated alkanes) is 2. The van der Waals surface area contributed by atoms with Gasteiger partial charge in [0, 0.05) is 0 Å². The van der Waals surface area contributed by atoms with Crippen molar-refractivity contribution in [2.75, 3.05) is 18.1 Å². The quantitative estimate of drug-likeness (QED) is 0.297. The van der Waals surface area contributed by atoms with Gasteiger partial charge >= 0.3 is 0 Å². The van der Waals surface area contributed by atoms with Gasteiger partial charge in [-0.15, -0.1) is 23.5 Å². The van der Waals surface area contributed by atoms with Crippen LogP contribution in [0.2, 0.25) is 0 Å². The average molecular weight is 262 g/mol. The second kappa shape index (κ2) is 10.4. The fourth-order valence-corrected chi connectivity index (χ4v) is 4.07. The van der Waals surface area contributed by atoms with Crippen LogP contribution in [0.25, 0.3) is 0 Å². The average Bonchev–Trinajstić information content (AvgIpc) is 2.27. The maximum Gasteiger partial charge on any atom is 0.111 e. The molecule has 0 aromatic carbocycles. The summed E-state index contributed by atoms with van der Waals surface area (Å²) in [5.41, 5.74) is 0. The van der Waals surface area contributed by atoms with Crippen molar-refractivity contribution in [2.24, 2.45) is 0 Å². The zero-order chi connectivity index (χ0) is 12.3. The van der Waals surface area contributed by atoms with Gasteiger partial charge in [0.1, 0.15) is 6.61 Å². The van der Waals surface area contributed by atoms with E-state index in [0.29, 0.717) is 0 Å². The van der Waals surface area contributed by atoms with E-state index >= 15 is 0 Å². The lowest BCUT2D eigenvalue weighted by Gasteiger charge is -2.27. The van der Waals surface area contributed by atoms with E-state index in [0.717, 1.165) is 6.61 Å². The lowest BCUT2D eigenvalue weighted by atomic mass is 10.4. The second-order valence-corrected chi connectivity index (χ2v) is 7.47. The molecule has 0 unspecified atom stereocenters. The van der Waals surface area contributed by atoms with Crippen molar-refractivity contribution in [1.29, 1.82) is 0 Å². The van der Waals surface area contributed by atoms with E-state index in [4.69, 9.17) is 4.74 Å². The Bertz CT molecular complexity index is 161. The number of thioether (sulfide) groups is 2. The molecule has 0 saturated heterocycles. The van der Waals surface area contributed by atoms with E-state index in [9.17, 15) is 0 Å². The van der Waals surface area contributed by atoms with E-state index in [1.807, 2.05) is 23.5 Å². The lowest BCUT2D eigenvalue weighted by molar-refractivity contribution is 0.247. The third-order valence-electron chi connectivity index (χ3n) is 2.27. The molecule has 16 heavy (non-hydrogen) atoms. The SMILES string of the molecule is C=COCC(C)(SCCCC)SCCCC. The lowest BCUT2D eigenvalue weighted by Crippen LogP contribution is -2.23. The fourth-order valence-electron chi connectivity index (χ4n) is 1.20. The summed E-state index contributed by atoms with van der Waals surface area (Å²) in [7, 11) is 0. The smallest absolute Gasteiger partial charge is 0.111 e. The Labute approximate surface area is 110 Å². The highest BCUT2D eigenvalue weighted by molar-refractivity contribution is 8.18. The van der Waals surface area contributed by atoms with Crippen LogP contribution in [0.15, 0.2) is 12.8 Å². The van der Waals surface area contributed by atoms with Gasteiger partial charge in [0.05, 0.1) is 10.3 Å². The van der Waals surface area contributed by atoms with Gasteiger partial charge in [0.2, 0.25) is 0 Å². The monoisotopic (exact) mass is 262 g/mol. The van der Waals surface area contributed by atoms with Crippen LogP contribution in [0.4, 0.5) is 0 Å². The molecule has 0 N–H and O–H groups in total. The first-order valence-electron chi connectivity index (χ1n) is 6.19. The molecule has 0 atom stereocenters. The normalized spacial score (nSPS) is 11.4. The van der Waals surface area contributed by atoms with Crippen molar-refractivity contribution in [3.8, 4) is 0 Å². The standard InChI is InChI=1S/C13H26OS2/c1-5-8-10-15-13(4,12-14-7-3)16-11-9-6-2/h7H,3,5-6,8-12H2,1-2,4H3. The second-order valence-electron chi connectivity index (χ2n) is 4.02. The highest BCUT2D eigenvalue weighted by Crippen LogP contribution is 2.38. The zero-order valence-corrected chi connectivity index (χ0v) is 12.6. The molecule has 0 radical (unpaired) electrons. The molecule has 0 aliphatic rings. The summed E-state index contributed by atoms with van der Waals surface area (Å²) in [5.74, 6) is 2.46. The summed E-state index contributed by atoms with van der Waals surface area (Å²) >= 11 is 4.06. The van der Waals surface area contributed by atoms with Crippen molar-refractivity contribution in [3.63, 3.8) is 0 Å². The summed E-state index contributed by atoms with van der Waals surface area (Å²) in [4.78, 5) is 0. The highest BCUT2D eigenvalue weighted by atomic mass is 32.2. The van der Waals surface area contributed by atoms with Gasteiger partial charge in [0.25, 0.3) is 0 Å². The minimum atomic E-state index is 0.193. The molecule has 1 nitrogen and oxygen atoms in total. The van der Waals surface area contributed by atoms with E-state index in [1.54, 1.807) is 6.26 Å². The molecule has 0 aromatic heterocycles. The molecule has 0 amide bonds. The Morgan fingerprint density at radius 3 is 2.00 bits per heavy atom. The van der Waals surface area contributed by atoms with Crippen molar-refractivity contribution >= 4 is 23.5 Å². The summed E-state index contributed by atoms with van der Waals surface area (Å²) < 4.78 is 5.58. The van der Waals surface area contributed by atoms with Gasteiger partial charge in [-0.1, -0.05) is 33.3 Å². The maximum absolute atomic E-state index is 5.38. The number of hydrogen-bond acceptors (Lipinski definition) is 3. The van der Waals surface area contributed by atoms with Gasteiger partial charge in [0.15, 0.2) is 0 Å². The van der Waals surface area contributed by atoms with E-state index in [1.165, 1.54) is 37.2 Å². The van der Waals surface area contributed by atoms with Crippen LogP contribution in [0, 0.1) is 0 Å². The third-order valence-corrected chi connectivity index (χ3v) is 5.42. The van der Waals surface area contributed by atoms with Gasteiger partial charge in [-0.3, -0.25) is 0 Å². The Kier molecular flexibility index (Phi) is 10.6. The van der Waals surface area contributed by atoms with Crippen LogP contribution in [0.1, 0.15) is 46.5 Å². The Hall–Kier alpha value is 0.240. The Morgan fingerprint density at radius 1 is 1.12 bits per heavy atom. The van der Waals surface area contributed by atoms with Crippen LogP contribution < -0.4 is 0 Å². The van der Waals surface area contributed by atoms with E-state index < -0.39 is 0 Å². The largest absolute Gasteiger partial charge is 0.499 e. The van der Waals surface area contributed by atoms with Crippen molar-refractivity contribution < 1.29 is 4.74 Å². The molecular weight excluding hydrogens is 236 g/mol.